The van der Waals surface area contributed by atoms with Crippen LogP contribution >= 0.6 is 0 Å². The van der Waals surface area contributed by atoms with Crippen molar-refractivity contribution in [1.29, 1.82) is 5.26 Å². The van der Waals surface area contributed by atoms with Gasteiger partial charge in [-0.15, -0.1) is 0 Å². The van der Waals surface area contributed by atoms with Gasteiger partial charge in [-0.3, -0.25) is 0 Å². The van der Waals surface area contributed by atoms with E-state index < -0.39 is 0 Å². The molecule has 0 aromatic carbocycles. The summed E-state index contributed by atoms with van der Waals surface area (Å²) >= 11 is 0. The lowest BCUT2D eigenvalue weighted by Gasteiger charge is -2.18. The van der Waals surface area contributed by atoms with Crippen LogP contribution in [0.15, 0.2) is 0 Å². The van der Waals surface area contributed by atoms with E-state index in [0.717, 1.165) is 19.4 Å². The van der Waals surface area contributed by atoms with Crippen molar-refractivity contribution in [2.45, 2.75) is 25.3 Å². The highest BCUT2D eigenvalue weighted by Crippen LogP contribution is 2.47. The number of rotatable bonds is 7. The van der Waals surface area contributed by atoms with Gasteiger partial charge in [0.2, 0.25) is 0 Å². The molecule has 1 aliphatic carbocycles. The van der Waals surface area contributed by atoms with Crippen LogP contribution in [0.2, 0.25) is 0 Å². The molecule has 1 saturated carbocycles. The predicted molar refractivity (Wildman–Crippen MR) is 52.6 cm³/mol. The third-order valence-electron chi connectivity index (χ3n) is 2.77. The number of ether oxygens (including phenoxy) is 1. The SMILES string of the molecule is COCC(CO)NCC1(CC#N)CC1. The van der Waals surface area contributed by atoms with E-state index in [9.17, 15) is 0 Å². The average molecular weight is 198 g/mol. The Morgan fingerprint density at radius 1 is 1.64 bits per heavy atom. The van der Waals surface area contributed by atoms with Gasteiger partial charge in [-0.05, 0) is 18.3 Å². The molecular formula is C10H18N2O2. The van der Waals surface area contributed by atoms with Crippen molar-refractivity contribution in [1.82, 2.24) is 5.32 Å². The van der Waals surface area contributed by atoms with E-state index in [1.54, 1.807) is 7.11 Å². The summed E-state index contributed by atoms with van der Waals surface area (Å²) in [5.41, 5.74) is 0.190. The van der Waals surface area contributed by atoms with Gasteiger partial charge in [0.05, 0.1) is 25.3 Å². The summed E-state index contributed by atoms with van der Waals surface area (Å²) < 4.78 is 4.95. The van der Waals surface area contributed by atoms with E-state index in [1.165, 1.54) is 0 Å². The molecule has 0 aliphatic heterocycles. The minimum atomic E-state index is -0.00355. The first-order chi connectivity index (χ1) is 6.76. The zero-order valence-electron chi connectivity index (χ0n) is 8.62. The topological polar surface area (TPSA) is 65.3 Å². The number of aliphatic hydroxyl groups is 1. The second-order valence-electron chi connectivity index (χ2n) is 4.05. The molecule has 0 saturated heterocycles. The van der Waals surface area contributed by atoms with Crippen LogP contribution in [0.5, 0.6) is 0 Å². The number of hydrogen-bond donors (Lipinski definition) is 2. The van der Waals surface area contributed by atoms with Crippen LogP contribution < -0.4 is 5.32 Å². The number of methoxy groups -OCH3 is 1. The van der Waals surface area contributed by atoms with Gasteiger partial charge in [0.1, 0.15) is 0 Å². The monoisotopic (exact) mass is 198 g/mol. The molecule has 1 rings (SSSR count). The molecule has 1 unspecified atom stereocenters. The van der Waals surface area contributed by atoms with E-state index in [1.807, 2.05) is 0 Å². The van der Waals surface area contributed by atoms with Crippen molar-refractivity contribution in [3.8, 4) is 6.07 Å². The van der Waals surface area contributed by atoms with Gasteiger partial charge in [0.25, 0.3) is 0 Å². The molecule has 0 aromatic rings. The Morgan fingerprint density at radius 2 is 2.36 bits per heavy atom. The predicted octanol–water partition coefficient (Wildman–Crippen LogP) is 0.277. The van der Waals surface area contributed by atoms with Crippen LogP contribution in [0.4, 0.5) is 0 Å². The second-order valence-corrected chi connectivity index (χ2v) is 4.05. The summed E-state index contributed by atoms with van der Waals surface area (Å²) in [7, 11) is 1.62. The zero-order chi connectivity index (χ0) is 10.4. The molecular weight excluding hydrogens is 180 g/mol. The van der Waals surface area contributed by atoms with Gasteiger partial charge < -0.3 is 15.2 Å². The quantitative estimate of drug-likeness (QED) is 0.616. The summed E-state index contributed by atoms with van der Waals surface area (Å²) in [6, 6.07) is 2.21. The van der Waals surface area contributed by atoms with Crippen LogP contribution in [-0.4, -0.2) is 38.0 Å². The summed E-state index contributed by atoms with van der Waals surface area (Å²) in [5, 5.41) is 20.8. The van der Waals surface area contributed by atoms with Crippen molar-refractivity contribution in [2.75, 3.05) is 26.9 Å². The molecule has 1 atom stereocenters. The summed E-state index contributed by atoms with van der Waals surface area (Å²) in [4.78, 5) is 0. The number of aliphatic hydroxyl groups excluding tert-OH is 1. The zero-order valence-corrected chi connectivity index (χ0v) is 8.62. The van der Waals surface area contributed by atoms with E-state index in [0.29, 0.717) is 13.0 Å². The molecule has 4 nitrogen and oxygen atoms in total. The fourth-order valence-electron chi connectivity index (χ4n) is 1.50. The van der Waals surface area contributed by atoms with Crippen molar-refractivity contribution >= 4 is 0 Å². The fourth-order valence-corrected chi connectivity index (χ4v) is 1.50. The molecule has 1 fully saturated rings. The van der Waals surface area contributed by atoms with Gasteiger partial charge in [-0.2, -0.15) is 5.26 Å². The van der Waals surface area contributed by atoms with Gasteiger partial charge in [-0.25, -0.2) is 0 Å². The van der Waals surface area contributed by atoms with Gasteiger partial charge >= 0.3 is 0 Å². The smallest absolute Gasteiger partial charge is 0.0638 e. The van der Waals surface area contributed by atoms with Crippen molar-refractivity contribution in [3.63, 3.8) is 0 Å². The van der Waals surface area contributed by atoms with Crippen LogP contribution in [0, 0.1) is 16.7 Å². The molecule has 0 spiro atoms. The first-order valence-corrected chi connectivity index (χ1v) is 4.96. The minimum Gasteiger partial charge on any atom is -0.395 e. The van der Waals surface area contributed by atoms with Gasteiger partial charge in [0.15, 0.2) is 0 Å². The second kappa shape index (κ2) is 5.30. The lowest BCUT2D eigenvalue weighted by molar-refractivity contribution is 0.125. The molecule has 2 N–H and O–H groups in total. The molecule has 0 amide bonds. The summed E-state index contributed by atoms with van der Waals surface area (Å²) in [6.45, 7) is 1.41. The Hall–Kier alpha value is -0.630. The van der Waals surface area contributed by atoms with E-state index in [4.69, 9.17) is 15.1 Å². The molecule has 0 heterocycles. The Labute approximate surface area is 84.9 Å². The van der Waals surface area contributed by atoms with Crippen LogP contribution in [-0.2, 0) is 4.74 Å². The third-order valence-corrected chi connectivity index (χ3v) is 2.77. The lowest BCUT2D eigenvalue weighted by atomic mass is 10.0. The highest BCUT2D eigenvalue weighted by Gasteiger charge is 2.42. The van der Waals surface area contributed by atoms with Crippen molar-refractivity contribution in [2.24, 2.45) is 5.41 Å². The first kappa shape index (κ1) is 11.4. The minimum absolute atomic E-state index is 0.00355. The van der Waals surface area contributed by atoms with E-state index in [-0.39, 0.29) is 18.1 Å². The molecule has 0 radical (unpaired) electrons. The number of nitriles is 1. The highest BCUT2D eigenvalue weighted by molar-refractivity contribution is 5.01. The summed E-state index contributed by atoms with van der Waals surface area (Å²) in [5.74, 6) is 0. The lowest BCUT2D eigenvalue weighted by Crippen LogP contribution is -2.39. The average Bonchev–Trinajstić information content (AvgIpc) is 2.94. The first-order valence-electron chi connectivity index (χ1n) is 4.96. The van der Waals surface area contributed by atoms with Crippen molar-refractivity contribution in [3.05, 3.63) is 0 Å². The maximum Gasteiger partial charge on any atom is 0.0638 e. The van der Waals surface area contributed by atoms with Gasteiger partial charge in [-0.1, -0.05) is 0 Å². The number of nitrogens with zero attached hydrogens (tertiary/aromatic N) is 1. The number of hydrogen-bond acceptors (Lipinski definition) is 4. The van der Waals surface area contributed by atoms with Crippen LogP contribution in [0.3, 0.4) is 0 Å². The van der Waals surface area contributed by atoms with Crippen LogP contribution in [0.1, 0.15) is 19.3 Å². The molecule has 1 aliphatic rings. The summed E-state index contributed by atoms with van der Waals surface area (Å²) in [6.07, 6.45) is 2.86. The number of nitrogens with one attached hydrogen (secondary N) is 1. The molecule has 14 heavy (non-hydrogen) atoms. The molecule has 0 bridgehead atoms. The normalized spacial score (nSPS) is 20.1. The van der Waals surface area contributed by atoms with Crippen molar-refractivity contribution < 1.29 is 9.84 Å². The highest BCUT2D eigenvalue weighted by atomic mass is 16.5. The Morgan fingerprint density at radius 3 is 2.79 bits per heavy atom. The molecule has 4 heteroatoms. The maximum absolute atomic E-state index is 9.00. The Bertz CT molecular complexity index is 209. The van der Waals surface area contributed by atoms with E-state index in [2.05, 4.69) is 11.4 Å². The molecule has 0 aromatic heterocycles. The largest absolute Gasteiger partial charge is 0.395 e. The van der Waals surface area contributed by atoms with Crippen LogP contribution in [0.25, 0.3) is 0 Å². The fraction of sp³-hybridized carbons (Fsp3) is 0.900. The Balaban J connectivity index is 2.21. The third kappa shape index (κ3) is 3.26. The Kier molecular flexibility index (Phi) is 4.33. The maximum atomic E-state index is 9.00. The molecule has 80 valence electrons. The van der Waals surface area contributed by atoms with E-state index >= 15 is 0 Å². The standard InChI is InChI=1S/C10H18N2O2/c1-14-7-9(6-13)12-8-10(2-3-10)4-5-11/h9,12-13H,2-4,6-8H2,1H3. The van der Waals surface area contributed by atoms with Gasteiger partial charge in [0, 0.05) is 20.1 Å².